The maximum atomic E-state index is 12.1. The second-order valence-electron chi connectivity index (χ2n) is 5.80. The predicted octanol–water partition coefficient (Wildman–Crippen LogP) is 4.27. The van der Waals surface area contributed by atoms with E-state index in [4.69, 9.17) is 0 Å². The Hall–Kier alpha value is -2.53. The number of benzene rings is 2. The summed E-state index contributed by atoms with van der Waals surface area (Å²) in [6.07, 6.45) is 2.50. The molecule has 2 aromatic carbocycles. The number of carbonyl (C=O) groups excluding carboxylic acids is 1. The van der Waals surface area contributed by atoms with Crippen LogP contribution in [-0.2, 0) is 4.79 Å². The summed E-state index contributed by atoms with van der Waals surface area (Å²) in [5, 5.41) is 10.3. The Kier molecular flexibility index (Phi) is 3.86. The molecule has 1 amide bonds. The van der Waals surface area contributed by atoms with Crippen molar-refractivity contribution in [2.75, 3.05) is 11.6 Å². The van der Waals surface area contributed by atoms with Crippen LogP contribution in [0, 0.1) is 0 Å². The maximum absolute atomic E-state index is 12.1. The minimum absolute atomic E-state index is 0.00700. The Morgan fingerprint density at radius 3 is 2.54 bits per heavy atom. The predicted molar refractivity (Wildman–Crippen MR) is 97.3 cm³/mol. The minimum Gasteiger partial charge on any atom is -0.309 e. The zero-order valence-corrected chi connectivity index (χ0v) is 14.1. The molecular weight excluding hydrogens is 318 g/mol. The lowest BCUT2D eigenvalue weighted by Crippen LogP contribution is -2.23. The molecular formula is C19H17N3OS. The number of anilines is 1. The Morgan fingerprint density at radius 1 is 1.08 bits per heavy atom. The molecule has 0 saturated carbocycles. The third-order valence-corrected chi connectivity index (χ3v) is 5.12. The Balaban J connectivity index is 1.83. The summed E-state index contributed by atoms with van der Waals surface area (Å²) in [6.45, 7) is 0. The number of fused-ring (bicyclic) bond motifs is 1. The summed E-state index contributed by atoms with van der Waals surface area (Å²) < 4.78 is 0. The molecule has 1 aromatic heterocycles. The van der Waals surface area contributed by atoms with E-state index < -0.39 is 0 Å². The normalized spacial score (nSPS) is 16.5. The molecule has 0 spiro atoms. The fourth-order valence-corrected chi connectivity index (χ4v) is 3.61. The number of nitrogens with zero attached hydrogens (tertiary/aromatic N) is 1. The number of nitrogens with one attached hydrogen (secondary N) is 2. The van der Waals surface area contributed by atoms with E-state index in [-0.39, 0.29) is 11.8 Å². The van der Waals surface area contributed by atoms with Crippen LogP contribution in [0.3, 0.4) is 0 Å². The summed E-state index contributed by atoms with van der Waals surface area (Å²) in [5.41, 5.74) is 4.26. The molecule has 1 atom stereocenters. The summed E-state index contributed by atoms with van der Waals surface area (Å²) in [7, 11) is 0. The molecule has 1 aliphatic heterocycles. The zero-order valence-electron chi connectivity index (χ0n) is 13.2. The monoisotopic (exact) mass is 335 g/mol. The number of thioether (sulfide) groups is 1. The molecule has 120 valence electrons. The summed E-state index contributed by atoms with van der Waals surface area (Å²) in [5.74, 6) is 0.662. The second kappa shape index (κ2) is 6.17. The van der Waals surface area contributed by atoms with Gasteiger partial charge in [-0.1, -0.05) is 42.5 Å². The van der Waals surface area contributed by atoms with Crippen LogP contribution in [0.5, 0.6) is 0 Å². The largest absolute Gasteiger partial charge is 0.309 e. The van der Waals surface area contributed by atoms with Crippen LogP contribution in [0.15, 0.2) is 59.5 Å². The van der Waals surface area contributed by atoms with Gasteiger partial charge in [0.25, 0.3) is 0 Å². The fraction of sp³-hybridized carbons (Fsp3) is 0.158. The van der Waals surface area contributed by atoms with Gasteiger partial charge < -0.3 is 5.32 Å². The average molecular weight is 335 g/mol. The number of H-pyrrole nitrogens is 1. The van der Waals surface area contributed by atoms with Gasteiger partial charge in [-0.3, -0.25) is 9.89 Å². The molecule has 4 rings (SSSR count). The SMILES string of the molecule is CSc1ccc([C@H]2CC(=O)Nc3n[nH]c(-c4ccccc4)c32)cc1. The van der Waals surface area contributed by atoms with E-state index >= 15 is 0 Å². The van der Waals surface area contributed by atoms with Crippen molar-refractivity contribution in [2.45, 2.75) is 17.2 Å². The Labute approximate surface area is 144 Å². The number of rotatable bonds is 3. The molecule has 2 N–H and O–H groups in total. The van der Waals surface area contributed by atoms with E-state index in [0.717, 1.165) is 22.4 Å². The van der Waals surface area contributed by atoms with Crippen molar-refractivity contribution in [3.8, 4) is 11.3 Å². The standard InChI is InChI=1S/C19H17N3OS/c1-24-14-9-7-12(8-10-14)15-11-16(23)20-19-17(15)18(21-22-19)13-5-3-2-4-6-13/h2-10,15H,11H2,1H3,(H2,20,21,22,23)/t15-/m1/s1. The highest BCUT2D eigenvalue weighted by atomic mass is 32.2. The lowest BCUT2D eigenvalue weighted by Gasteiger charge is -2.23. The van der Waals surface area contributed by atoms with Gasteiger partial charge in [0.2, 0.25) is 5.91 Å². The second-order valence-corrected chi connectivity index (χ2v) is 6.68. The lowest BCUT2D eigenvalue weighted by molar-refractivity contribution is -0.116. The van der Waals surface area contributed by atoms with Gasteiger partial charge in [0.1, 0.15) is 0 Å². The fourth-order valence-electron chi connectivity index (χ4n) is 3.20. The summed E-state index contributed by atoms with van der Waals surface area (Å²) >= 11 is 1.71. The molecule has 0 saturated heterocycles. The van der Waals surface area contributed by atoms with Crippen molar-refractivity contribution in [3.63, 3.8) is 0 Å². The van der Waals surface area contributed by atoms with Crippen molar-refractivity contribution >= 4 is 23.5 Å². The van der Waals surface area contributed by atoms with Gasteiger partial charge in [-0.05, 0) is 29.5 Å². The molecule has 0 fully saturated rings. The van der Waals surface area contributed by atoms with E-state index in [9.17, 15) is 4.79 Å². The summed E-state index contributed by atoms with van der Waals surface area (Å²) in [4.78, 5) is 13.3. The molecule has 2 heterocycles. The molecule has 3 aromatic rings. The number of amides is 1. The number of hydrogen-bond acceptors (Lipinski definition) is 3. The van der Waals surface area contributed by atoms with Gasteiger partial charge in [-0.25, -0.2) is 0 Å². The van der Waals surface area contributed by atoms with Crippen molar-refractivity contribution in [1.82, 2.24) is 10.2 Å². The van der Waals surface area contributed by atoms with Crippen LogP contribution in [0.1, 0.15) is 23.5 Å². The molecule has 24 heavy (non-hydrogen) atoms. The van der Waals surface area contributed by atoms with Gasteiger partial charge in [0.05, 0.1) is 5.69 Å². The number of hydrogen-bond donors (Lipinski definition) is 2. The molecule has 0 aliphatic carbocycles. The van der Waals surface area contributed by atoms with Crippen molar-refractivity contribution in [3.05, 3.63) is 65.7 Å². The third-order valence-electron chi connectivity index (χ3n) is 4.38. The minimum atomic E-state index is 0.00700. The molecule has 4 nitrogen and oxygen atoms in total. The number of aromatic nitrogens is 2. The molecule has 5 heteroatoms. The van der Waals surface area contributed by atoms with Crippen LogP contribution < -0.4 is 5.32 Å². The van der Waals surface area contributed by atoms with E-state index in [1.165, 1.54) is 4.90 Å². The van der Waals surface area contributed by atoms with E-state index in [1.807, 2.05) is 18.2 Å². The highest BCUT2D eigenvalue weighted by Crippen LogP contribution is 2.41. The van der Waals surface area contributed by atoms with Crippen molar-refractivity contribution in [1.29, 1.82) is 0 Å². The van der Waals surface area contributed by atoms with Gasteiger partial charge in [-0.2, -0.15) is 5.10 Å². The maximum Gasteiger partial charge on any atom is 0.226 e. The van der Waals surface area contributed by atoms with Crippen LogP contribution in [0.25, 0.3) is 11.3 Å². The molecule has 0 radical (unpaired) electrons. The first-order valence-electron chi connectivity index (χ1n) is 7.83. The van der Waals surface area contributed by atoms with Crippen LogP contribution >= 0.6 is 11.8 Å². The highest BCUT2D eigenvalue weighted by molar-refractivity contribution is 7.98. The summed E-state index contributed by atoms with van der Waals surface area (Å²) in [6, 6.07) is 18.5. The van der Waals surface area contributed by atoms with Crippen LogP contribution in [-0.4, -0.2) is 22.4 Å². The van der Waals surface area contributed by atoms with Gasteiger partial charge >= 0.3 is 0 Å². The third kappa shape index (κ3) is 2.61. The number of carbonyl (C=O) groups is 1. The topological polar surface area (TPSA) is 57.8 Å². The first kappa shape index (κ1) is 15.0. The van der Waals surface area contributed by atoms with Crippen LogP contribution in [0.2, 0.25) is 0 Å². The van der Waals surface area contributed by atoms with E-state index in [2.05, 4.69) is 58.2 Å². The molecule has 1 aliphatic rings. The molecule has 0 bridgehead atoms. The smallest absolute Gasteiger partial charge is 0.226 e. The number of aromatic amines is 1. The first-order valence-corrected chi connectivity index (χ1v) is 9.06. The Morgan fingerprint density at radius 2 is 1.83 bits per heavy atom. The van der Waals surface area contributed by atoms with Crippen molar-refractivity contribution < 1.29 is 4.79 Å². The van der Waals surface area contributed by atoms with E-state index in [1.54, 1.807) is 11.8 Å². The van der Waals surface area contributed by atoms with Crippen LogP contribution in [0.4, 0.5) is 5.82 Å². The first-order chi connectivity index (χ1) is 11.8. The molecule has 0 unspecified atom stereocenters. The lowest BCUT2D eigenvalue weighted by atomic mass is 9.84. The average Bonchev–Trinajstić information content (AvgIpc) is 3.05. The van der Waals surface area contributed by atoms with Gasteiger partial charge in [0.15, 0.2) is 5.82 Å². The van der Waals surface area contributed by atoms with E-state index in [0.29, 0.717) is 12.2 Å². The van der Waals surface area contributed by atoms with Gasteiger partial charge in [-0.15, -0.1) is 11.8 Å². The zero-order chi connectivity index (χ0) is 16.5. The highest BCUT2D eigenvalue weighted by Gasteiger charge is 2.31. The quantitative estimate of drug-likeness (QED) is 0.703. The van der Waals surface area contributed by atoms with Gasteiger partial charge in [0, 0.05) is 22.8 Å². The van der Waals surface area contributed by atoms with Crippen molar-refractivity contribution in [2.24, 2.45) is 0 Å². The Bertz CT molecular complexity index is 871.